The maximum Gasteiger partial charge on any atom is 0.229 e. The number of methoxy groups -OCH3 is 1. The van der Waals surface area contributed by atoms with Crippen LogP contribution in [0.25, 0.3) is 22.1 Å². The van der Waals surface area contributed by atoms with Gasteiger partial charge in [0.1, 0.15) is 58.9 Å². The Morgan fingerprint density at radius 2 is 1.72 bits per heavy atom. The zero-order chi connectivity index (χ0) is 23.0. The molecule has 0 aliphatic carbocycles. The Morgan fingerprint density at radius 1 is 1.00 bits per heavy atom. The Labute approximate surface area is 181 Å². The van der Waals surface area contributed by atoms with Crippen molar-refractivity contribution >= 4 is 11.0 Å². The van der Waals surface area contributed by atoms with Crippen LogP contribution in [-0.4, -0.2) is 70.0 Å². The third-order valence-corrected chi connectivity index (χ3v) is 5.33. The van der Waals surface area contributed by atoms with Gasteiger partial charge in [-0.3, -0.25) is 4.79 Å². The van der Waals surface area contributed by atoms with Gasteiger partial charge in [0.25, 0.3) is 0 Å². The topological polar surface area (TPSA) is 159 Å². The minimum absolute atomic E-state index is 0.0185. The number of phenolic OH excluding ortho intramolecular Hbond substituents is 1. The van der Waals surface area contributed by atoms with E-state index in [2.05, 4.69) is 0 Å². The lowest BCUT2D eigenvalue weighted by Crippen LogP contribution is -2.60. The van der Waals surface area contributed by atoms with Crippen molar-refractivity contribution < 1.29 is 44.2 Å². The summed E-state index contributed by atoms with van der Waals surface area (Å²) in [6.45, 7) is -0.569. The maximum atomic E-state index is 12.9. The fourth-order valence-electron chi connectivity index (χ4n) is 3.54. The van der Waals surface area contributed by atoms with E-state index in [0.29, 0.717) is 11.3 Å². The molecule has 32 heavy (non-hydrogen) atoms. The SMILES string of the molecule is COc1cc(O)c2c(=O)c(-c3ccc(O[C@H]4OC(CO)[C@H](O)C(O)C4O)cc3)coc2c1. The van der Waals surface area contributed by atoms with Crippen LogP contribution < -0.4 is 14.9 Å². The van der Waals surface area contributed by atoms with Crippen molar-refractivity contribution in [2.45, 2.75) is 30.7 Å². The van der Waals surface area contributed by atoms with Gasteiger partial charge in [0.2, 0.25) is 11.7 Å². The predicted octanol–water partition coefficient (Wildman–Crippen LogP) is 0.353. The van der Waals surface area contributed by atoms with Crippen LogP contribution in [0.3, 0.4) is 0 Å². The van der Waals surface area contributed by atoms with Crippen LogP contribution in [0.4, 0.5) is 0 Å². The zero-order valence-corrected chi connectivity index (χ0v) is 16.9. The lowest BCUT2D eigenvalue weighted by atomic mass is 9.99. The summed E-state index contributed by atoms with van der Waals surface area (Å²) in [6, 6.07) is 8.97. The number of aliphatic hydroxyl groups excluding tert-OH is 4. The molecule has 3 aromatic rings. The number of rotatable bonds is 5. The number of aliphatic hydroxyl groups is 4. The molecule has 170 valence electrons. The normalized spacial score (nSPS) is 25.6. The Kier molecular flexibility index (Phi) is 6.04. The van der Waals surface area contributed by atoms with Gasteiger partial charge in [-0.15, -0.1) is 0 Å². The highest BCUT2D eigenvalue weighted by molar-refractivity contribution is 5.88. The van der Waals surface area contributed by atoms with Crippen LogP contribution in [0, 0.1) is 0 Å². The van der Waals surface area contributed by atoms with Crippen molar-refractivity contribution in [3.63, 3.8) is 0 Å². The van der Waals surface area contributed by atoms with Gasteiger partial charge in [0, 0.05) is 12.1 Å². The highest BCUT2D eigenvalue weighted by Gasteiger charge is 2.44. The molecule has 5 atom stereocenters. The molecule has 0 amide bonds. The molecule has 1 aliphatic heterocycles. The number of phenols is 1. The van der Waals surface area contributed by atoms with Crippen molar-refractivity contribution in [2.75, 3.05) is 13.7 Å². The molecule has 1 fully saturated rings. The molecule has 5 N–H and O–H groups in total. The minimum atomic E-state index is -1.56. The molecule has 1 saturated heterocycles. The highest BCUT2D eigenvalue weighted by Crippen LogP contribution is 2.31. The second-order valence-corrected chi connectivity index (χ2v) is 7.34. The van der Waals surface area contributed by atoms with Crippen LogP contribution in [0.15, 0.2) is 51.9 Å². The van der Waals surface area contributed by atoms with Gasteiger partial charge < -0.3 is 44.2 Å². The van der Waals surface area contributed by atoms with Crippen molar-refractivity contribution in [3.8, 4) is 28.4 Å². The number of fused-ring (bicyclic) bond motifs is 1. The molecule has 0 saturated carbocycles. The summed E-state index contributed by atoms with van der Waals surface area (Å²) >= 11 is 0. The van der Waals surface area contributed by atoms with Gasteiger partial charge >= 0.3 is 0 Å². The van der Waals surface area contributed by atoms with E-state index in [-0.39, 0.29) is 28.0 Å². The van der Waals surface area contributed by atoms with Crippen LogP contribution in [-0.2, 0) is 4.74 Å². The van der Waals surface area contributed by atoms with E-state index in [1.165, 1.54) is 37.6 Å². The van der Waals surface area contributed by atoms with Crippen LogP contribution in [0.2, 0.25) is 0 Å². The molecule has 0 radical (unpaired) electrons. The first-order chi connectivity index (χ1) is 15.3. The van der Waals surface area contributed by atoms with Gasteiger partial charge in [-0.05, 0) is 17.7 Å². The molecule has 2 heterocycles. The van der Waals surface area contributed by atoms with Crippen LogP contribution >= 0.6 is 0 Å². The summed E-state index contributed by atoms with van der Waals surface area (Å²) in [5, 5.41) is 49.3. The van der Waals surface area contributed by atoms with Crippen molar-refractivity contribution in [2.24, 2.45) is 0 Å². The molecule has 3 unspecified atom stereocenters. The van der Waals surface area contributed by atoms with E-state index in [1.807, 2.05) is 0 Å². The first kappa shape index (κ1) is 22.1. The highest BCUT2D eigenvalue weighted by atomic mass is 16.7. The summed E-state index contributed by atoms with van der Waals surface area (Å²) < 4.78 is 21.4. The maximum absolute atomic E-state index is 12.9. The molecule has 10 heteroatoms. The van der Waals surface area contributed by atoms with E-state index in [4.69, 9.17) is 18.6 Å². The number of benzene rings is 2. The number of hydrogen-bond donors (Lipinski definition) is 5. The summed E-state index contributed by atoms with van der Waals surface area (Å²) in [4.78, 5) is 12.9. The summed E-state index contributed by atoms with van der Waals surface area (Å²) in [6.07, 6.45) is -5.73. The number of aromatic hydroxyl groups is 1. The second-order valence-electron chi connectivity index (χ2n) is 7.34. The van der Waals surface area contributed by atoms with Crippen LogP contribution in [0.1, 0.15) is 0 Å². The Bertz CT molecular complexity index is 1150. The Morgan fingerprint density at radius 3 is 2.38 bits per heavy atom. The van der Waals surface area contributed by atoms with E-state index >= 15 is 0 Å². The van der Waals surface area contributed by atoms with E-state index in [9.17, 15) is 30.3 Å². The molecule has 1 aromatic heterocycles. The predicted molar refractivity (Wildman–Crippen MR) is 111 cm³/mol. The average Bonchev–Trinajstić information content (AvgIpc) is 2.80. The summed E-state index contributed by atoms with van der Waals surface area (Å²) in [7, 11) is 1.43. The third-order valence-electron chi connectivity index (χ3n) is 5.33. The second kappa shape index (κ2) is 8.77. The Balaban J connectivity index is 1.59. The standard InChI is InChI=1S/C22H22O10/c1-29-12-6-14(24)17-15(7-12)30-9-13(18(17)25)10-2-4-11(5-3-10)31-22-21(28)20(27)19(26)16(8-23)32-22/h2-7,9,16,19-24,26-28H,8H2,1H3/t16?,19-,20?,21?,22-/m0/s1. The smallest absolute Gasteiger partial charge is 0.229 e. The fraction of sp³-hybridized carbons (Fsp3) is 0.318. The minimum Gasteiger partial charge on any atom is -0.507 e. The van der Waals surface area contributed by atoms with Crippen molar-refractivity contribution in [1.82, 2.24) is 0 Å². The van der Waals surface area contributed by atoms with Gasteiger partial charge in [0.05, 0.1) is 19.3 Å². The van der Waals surface area contributed by atoms with E-state index in [0.717, 1.165) is 0 Å². The van der Waals surface area contributed by atoms with Gasteiger partial charge in [-0.2, -0.15) is 0 Å². The summed E-state index contributed by atoms with van der Waals surface area (Å²) in [5.41, 5.74) is 0.432. The lowest BCUT2D eigenvalue weighted by Gasteiger charge is -2.39. The first-order valence-electron chi connectivity index (χ1n) is 9.74. The average molecular weight is 446 g/mol. The number of hydrogen-bond acceptors (Lipinski definition) is 10. The quantitative estimate of drug-likeness (QED) is 0.370. The molecule has 10 nitrogen and oxygen atoms in total. The monoisotopic (exact) mass is 446 g/mol. The third kappa shape index (κ3) is 3.90. The lowest BCUT2D eigenvalue weighted by molar-refractivity contribution is -0.277. The van der Waals surface area contributed by atoms with Gasteiger partial charge in [-0.25, -0.2) is 0 Å². The van der Waals surface area contributed by atoms with Crippen molar-refractivity contribution in [1.29, 1.82) is 0 Å². The van der Waals surface area contributed by atoms with Gasteiger partial charge in [0.15, 0.2) is 0 Å². The molecular weight excluding hydrogens is 424 g/mol. The molecular formula is C22H22O10. The van der Waals surface area contributed by atoms with Crippen molar-refractivity contribution in [3.05, 3.63) is 52.9 Å². The summed E-state index contributed by atoms with van der Waals surface area (Å²) in [5.74, 6) is 0.328. The number of ether oxygens (including phenoxy) is 3. The van der Waals surface area contributed by atoms with E-state index < -0.39 is 42.7 Å². The zero-order valence-electron chi connectivity index (χ0n) is 16.9. The Hall–Kier alpha value is -3.15. The fourth-order valence-corrected chi connectivity index (χ4v) is 3.54. The van der Waals surface area contributed by atoms with Gasteiger partial charge in [-0.1, -0.05) is 12.1 Å². The molecule has 4 rings (SSSR count). The molecule has 0 bridgehead atoms. The van der Waals surface area contributed by atoms with E-state index in [1.54, 1.807) is 12.1 Å². The largest absolute Gasteiger partial charge is 0.507 e. The van der Waals surface area contributed by atoms with Crippen LogP contribution in [0.5, 0.6) is 17.2 Å². The molecule has 2 aromatic carbocycles. The first-order valence-corrected chi connectivity index (χ1v) is 9.74. The molecule has 1 aliphatic rings. The molecule has 0 spiro atoms.